The van der Waals surface area contributed by atoms with Crippen LogP contribution in [-0.2, 0) is 22.6 Å². The summed E-state index contributed by atoms with van der Waals surface area (Å²) in [6, 6.07) is 14.5. The lowest BCUT2D eigenvalue weighted by Gasteiger charge is -2.38. The molecular weight excluding hydrogens is 524 g/mol. The van der Waals surface area contributed by atoms with E-state index in [4.69, 9.17) is 9.47 Å². The number of amides is 2. The summed E-state index contributed by atoms with van der Waals surface area (Å²) in [5, 5.41) is 2.59. The van der Waals surface area contributed by atoms with E-state index >= 15 is 0 Å². The number of hydrogen-bond acceptors (Lipinski definition) is 7. The molecule has 2 aliphatic rings. The number of hydrogen-bond donors (Lipinski definition) is 0. The molecule has 2 aliphatic heterocycles. The second kappa shape index (κ2) is 12.9. The lowest BCUT2D eigenvalue weighted by atomic mass is 9.87. The highest BCUT2D eigenvalue weighted by Gasteiger charge is 2.32. The van der Waals surface area contributed by atoms with E-state index in [-0.39, 0.29) is 24.5 Å². The van der Waals surface area contributed by atoms with Gasteiger partial charge < -0.3 is 19.3 Å². The van der Waals surface area contributed by atoms with E-state index in [0.29, 0.717) is 38.4 Å². The summed E-state index contributed by atoms with van der Waals surface area (Å²) in [4.78, 5) is 36.7. The van der Waals surface area contributed by atoms with Gasteiger partial charge in [0.25, 0.3) is 5.91 Å². The van der Waals surface area contributed by atoms with Crippen LogP contribution in [0, 0.1) is 6.92 Å². The highest BCUT2D eigenvalue weighted by molar-refractivity contribution is 7.09. The first kappa shape index (κ1) is 28.3. The van der Waals surface area contributed by atoms with Gasteiger partial charge in [-0.2, -0.15) is 0 Å². The molecule has 5 rings (SSSR count). The van der Waals surface area contributed by atoms with Crippen LogP contribution >= 0.6 is 11.3 Å². The van der Waals surface area contributed by atoms with Crippen LogP contribution in [0.3, 0.4) is 0 Å². The molecule has 0 spiro atoms. The van der Waals surface area contributed by atoms with Crippen molar-refractivity contribution < 1.29 is 19.1 Å². The molecular formula is C31H38N4O4S. The number of methoxy groups -OCH3 is 1. The average Bonchev–Trinajstić information content (AvgIpc) is 3.47. The van der Waals surface area contributed by atoms with Gasteiger partial charge in [-0.05, 0) is 42.2 Å². The summed E-state index contributed by atoms with van der Waals surface area (Å²) < 4.78 is 11.3. The first-order valence-electron chi connectivity index (χ1n) is 14.0. The zero-order chi connectivity index (χ0) is 28.1. The van der Waals surface area contributed by atoms with Gasteiger partial charge in [0.15, 0.2) is 0 Å². The van der Waals surface area contributed by atoms with E-state index in [1.54, 1.807) is 7.11 Å². The fourth-order valence-electron chi connectivity index (χ4n) is 5.44. The topological polar surface area (TPSA) is 75.2 Å². The highest BCUT2D eigenvalue weighted by Crippen LogP contribution is 2.37. The van der Waals surface area contributed by atoms with Gasteiger partial charge in [0.1, 0.15) is 23.1 Å². The molecule has 1 fully saturated rings. The van der Waals surface area contributed by atoms with Crippen LogP contribution in [0.5, 0.6) is 5.75 Å². The minimum absolute atomic E-state index is 0.0238. The minimum atomic E-state index is -0.139. The number of carbonyl (C=O) groups is 2. The highest BCUT2D eigenvalue weighted by atomic mass is 32.1. The lowest BCUT2D eigenvalue weighted by molar-refractivity contribution is -0.132. The Morgan fingerprint density at radius 2 is 1.82 bits per heavy atom. The molecule has 0 saturated carbocycles. The number of carbonyl (C=O) groups excluding carboxylic acids is 2. The zero-order valence-electron chi connectivity index (χ0n) is 23.6. The van der Waals surface area contributed by atoms with Gasteiger partial charge in [-0.1, -0.05) is 42.8 Å². The van der Waals surface area contributed by atoms with Crippen LogP contribution in [0.4, 0.5) is 0 Å². The largest absolute Gasteiger partial charge is 0.486 e. The molecule has 1 aromatic heterocycles. The lowest BCUT2D eigenvalue weighted by Crippen LogP contribution is -2.49. The summed E-state index contributed by atoms with van der Waals surface area (Å²) in [6.45, 7) is 9.65. The standard InChI is InChI=1S/C31H38N4O4S/c1-4-29(36)35-12-11-23-9-10-25(19-26(23)30(35)24-7-5-22(2)6-8-24)39-20-28-32-27(21-40-28)31(37)34-15-13-33(14-16-34)17-18-38-3/h5-10,19,21,30H,4,11-18,20H2,1-3H3. The summed E-state index contributed by atoms with van der Waals surface area (Å²) in [5.74, 6) is 0.861. The second-order valence-electron chi connectivity index (χ2n) is 10.4. The third-order valence-corrected chi connectivity index (χ3v) is 8.59. The Morgan fingerprint density at radius 3 is 2.55 bits per heavy atom. The van der Waals surface area contributed by atoms with Crippen LogP contribution in [0.1, 0.15) is 57.1 Å². The van der Waals surface area contributed by atoms with Crippen LogP contribution in [0.15, 0.2) is 47.8 Å². The Balaban J connectivity index is 1.26. The predicted octanol–water partition coefficient (Wildman–Crippen LogP) is 4.32. The van der Waals surface area contributed by atoms with Gasteiger partial charge in [-0.25, -0.2) is 4.98 Å². The van der Waals surface area contributed by atoms with E-state index in [1.807, 2.05) is 28.2 Å². The molecule has 2 amide bonds. The van der Waals surface area contributed by atoms with Crippen molar-refractivity contribution >= 4 is 23.2 Å². The molecule has 0 bridgehead atoms. The van der Waals surface area contributed by atoms with Crippen LogP contribution in [0.2, 0.25) is 0 Å². The van der Waals surface area contributed by atoms with Gasteiger partial charge in [-0.15, -0.1) is 11.3 Å². The number of thiazole rings is 1. The van der Waals surface area contributed by atoms with Crippen LogP contribution < -0.4 is 4.74 Å². The Kier molecular flexibility index (Phi) is 9.14. The Morgan fingerprint density at radius 1 is 1.05 bits per heavy atom. The molecule has 0 radical (unpaired) electrons. The molecule has 1 atom stereocenters. The summed E-state index contributed by atoms with van der Waals surface area (Å²) >= 11 is 1.44. The molecule has 8 nitrogen and oxygen atoms in total. The van der Waals surface area contributed by atoms with Crippen molar-refractivity contribution in [2.24, 2.45) is 0 Å². The molecule has 1 saturated heterocycles. The maximum absolute atomic E-state index is 13.0. The molecule has 0 N–H and O–H groups in total. The van der Waals surface area contributed by atoms with Gasteiger partial charge in [0.2, 0.25) is 5.91 Å². The van der Waals surface area contributed by atoms with Crippen LogP contribution in [-0.4, -0.2) is 84.5 Å². The van der Waals surface area contributed by atoms with Gasteiger partial charge in [-0.3, -0.25) is 14.5 Å². The molecule has 40 heavy (non-hydrogen) atoms. The number of ether oxygens (including phenoxy) is 2. The van der Waals surface area contributed by atoms with Crippen molar-refractivity contribution in [2.75, 3.05) is 53.0 Å². The fraction of sp³-hybridized carbons (Fsp3) is 0.452. The molecule has 9 heteroatoms. The Hall–Kier alpha value is -3.27. The molecule has 2 aromatic carbocycles. The van der Waals surface area contributed by atoms with Crippen LogP contribution in [0.25, 0.3) is 0 Å². The van der Waals surface area contributed by atoms with Crippen molar-refractivity contribution in [3.8, 4) is 5.75 Å². The van der Waals surface area contributed by atoms with E-state index in [1.165, 1.54) is 22.5 Å². The van der Waals surface area contributed by atoms with Crippen molar-refractivity contribution in [1.29, 1.82) is 0 Å². The number of piperazine rings is 1. The normalized spacial score (nSPS) is 17.5. The van der Waals surface area contributed by atoms with Crippen molar-refractivity contribution in [3.63, 3.8) is 0 Å². The van der Waals surface area contributed by atoms with E-state index in [0.717, 1.165) is 47.9 Å². The molecule has 212 valence electrons. The number of nitrogens with zero attached hydrogens (tertiary/aromatic N) is 4. The molecule has 3 heterocycles. The van der Waals surface area contributed by atoms with Crippen molar-refractivity contribution in [2.45, 2.75) is 39.3 Å². The number of rotatable bonds is 9. The number of fused-ring (bicyclic) bond motifs is 1. The van der Waals surface area contributed by atoms with Gasteiger partial charge in [0.05, 0.1) is 12.6 Å². The maximum atomic E-state index is 13.0. The monoisotopic (exact) mass is 562 g/mol. The number of aromatic nitrogens is 1. The summed E-state index contributed by atoms with van der Waals surface area (Å²) in [7, 11) is 1.71. The van der Waals surface area contributed by atoms with Gasteiger partial charge >= 0.3 is 0 Å². The average molecular weight is 563 g/mol. The fourth-order valence-corrected chi connectivity index (χ4v) is 6.12. The zero-order valence-corrected chi connectivity index (χ0v) is 24.4. The van der Waals surface area contributed by atoms with E-state index in [9.17, 15) is 9.59 Å². The maximum Gasteiger partial charge on any atom is 0.273 e. The van der Waals surface area contributed by atoms with Gasteiger partial charge in [0, 0.05) is 58.2 Å². The second-order valence-corrected chi connectivity index (χ2v) is 11.3. The predicted molar refractivity (Wildman–Crippen MR) is 156 cm³/mol. The number of aryl methyl sites for hydroxylation is 1. The smallest absolute Gasteiger partial charge is 0.273 e. The molecule has 1 unspecified atom stereocenters. The Bertz CT molecular complexity index is 1320. The Labute approximate surface area is 240 Å². The molecule has 0 aliphatic carbocycles. The van der Waals surface area contributed by atoms with Crippen molar-refractivity contribution in [1.82, 2.24) is 19.7 Å². The van der Waals surface area contributed by atoms with Crippen molar-refractivity contribution in [3.05, 3.63) is 80.8 Å². The molecule has 3 aromatic rings. The first-order chi connectivity index (χ1) is 19.5. The van der Waals surface area contributed by atoms with E-state index < -0.39 is 0 Å². The summed E-state index contributed by atoms with van der Waals surface area (Å²) in [6.07, 6.45) is 1.30. The third-order valence-electron chi connectivity index (χ3n) is 7.77. The minimum Gasteiger partial charge on any atom is -0.486 e. The quantitative estimate of drug-likeness (QED) is 0.387. The SMILES string of the molecule is CCC(=O)N1CCc2ccc(OCc3nc(C(=O)N4CCN(CCOC)CC4)cs3)cc2C1c1ccc(C)cc1. The third kappa shape index (κ3) is 6.37. The summed E-state index contributed by atoms with van der Waals surface area (Å²) in [5.41, 5.74) is 5.12. The van der Waals surface area contributed by atoms with E-state index in [2.05, 4.69) is 53.2 Å². The first-order valence-corrected chi connectivity index (χ1v) is 14.9. The number of benzene rings is 2.